The van der Waals surface area contributed by atoms with Crippen molar-refractivity contribution >= 4 is 0 Å². The van der Waals surface area contributed by atoms with Gasteiger partial charge in [0, 0.05) is 0 Å². The van der Waals surface area contributed by atoms with E-state index in [2.05, 4.69) is 49.6 Å². The Morgan fingerprint density at radius 2 is 0.821 bits per heavy atom. The van der Waals surface area contributed by atoms with Gasteiger partial charge in [-0.25, -0.2) is 9.55 Å². The van der Waals surface area contributed by atoms with E-state index in [9.17, 15) is 0 Å². The standard InChI is InChI=1S/C37H72N2/c1-5-8-11-14-16-18-20-21-23-25-27-30-35(4)39-34-33-38-37(39)36(31-28-13-10-7-3)32-29-26-24-22-19-17-15-12-9-6-2/h33-36H,5-32H2,1-4H3/p+1. The van der Waals surface area contributed by atoms with Crippen molar-refractivity contribution in [3.05, 3.63) is 18.2 Å². The normalized spacial score (nSPS) is 13.2. The van der Waals surface area contributed by atoms with Gasteiger partial charge < -0.3 is 0 Å². The van der Waals surface area contributed by atoms with Crippen LogP contribution in [0, 0.1) is 0 Å². The van der Waals surface area contributed by atoms with E-state index in [4.69, 9.17) is 0 Å². The van der Waals surface area contributed by atoms with Gasteiger partial charge in [-0.2, -0.15) is 0 Å². The zero-order valence-corrected chi connectivity index (χ0v) is 27.6. The lowest BCUT2D eigenvalue weighted by atomic mass is 9.93. The van der Waals surface area contributed by atoms with E-state index < -0.39 is 0 Å². The highest BCUT2D eigenvalue weighted by Crippen LogP contribution is 2.27. The molecule has 1 aromatic heterocycles. The van der Waals surface area contributed by atoms with Gasteiger partial charge in [-0.15, -0.1) is 0 Å². The van der Waals surface area contributed by atoms with Crippen molar-refractivity contribution in [2.75, 3.05) is 0 Å². The molecule has 0 spiro atoms. The fourth-order valence-electron chi connectivity index (χ4n) is 6.43. The molecule has 0 saturated carbocycles. The Hall–Kier alpha value is -0.790. The molecule has 2 unspecified atom stereocenters. The van der Waals surface area contributed by atoms with Gasteiger partial charge in [-0.1, -0.05) is 175 Å². The van der Waals surface area contributed by atoms with Crippen LogP contribution < -0.4 is 4.57 Å². The lowest BCUT2D eigenvalue weighted by Gasteiger charge is -2.17. The van der Waals surface area contributed by atoms with Crippen LogP contribution in [0.25, 0.3) is 0 Å². The topological polar surface area (TPSA) is 19.7 Å². The van der Waals surface area contributed by atoms with Crippen molar-refractivity contribution < 1.29 is 4.57 Å². The molecule has 0 aromatic carbocycles. The Labute approximate surface area is 246 Å². The molecule has 0 amide bonds. The van der Waals surface area contributed by atoms with Gasteiger partial charge in [0.1, 0.15) is 12.4 Å². The molecule has 0 bridgehead atoms. The second-order valence-corrected chi connectivity index (χ2v) is 12.9. The van der Waals surface area contributed by atoms with Gasteiger partial charge in [-0.05, 0) is 32.6 Å². The summed E-state index contributed by atoms with van der Waals surface area (Å²) in [6.45, 7) is 9.41. The van der Waals surface area contributed by atoms with E-state index in [1.807, 2.05) is 0 Å². The first kappa shape index (κ1) is 36.2. The minimum absolute atomic E-state index is 0.621. The first-order chi connectivity index (χ1) is 19.2. The summed E-state index contributed by atoms with van der Waals surface area (Å²) < 4.78 is 2.62. The highest BCUT2D eigenvalue weighted by Gasteiger charge is 2.25. The van der Waals surface area contributed by atoms with Crippen molar-refractivity contribution in [1.29, 1.82) is 0 Å². The molecule has 39 heavy (non-hydrogen) atoms. The minimum atomic E-state index is 0.621. The van der Waals surface area contributed by atoms with E-state index in [-0.39, 0.29) is 0 Å². The summed E-state index contributed by atoms with van der Waals surface area (Å²) in [7, 11) is 0. The van der Waals surface area contributed by atoms with Crippen LogP contribution in [0.2, 0.25) is 0 Å². The van der Waals surface area contributed by atoms with Crippen molar-refractivity contribution in [1.82, 2.24) is 4.98 Å². The summed E-state index contributed by atoms with van der Waals surface area (Å²) in [5.41, 5.74) is 0. The maximum Gasteiger partial charge on any atom is 0.257 e. The third kappa shape index (κ3) is 19.8. The molecule has 1 heterocycles. The number of hydrogen-bond acceptors (Lipinski definition) is 0. The molecular weight excluding hydrogens is 472 g/mol. The predicted molar refractivity (Wildman–Crippen MR) is 175 cm³/mol. The number of unbranched alkanes of at least 4 members (excludes halogenated alkanes) is 22. The lowest BCUT2D eigenvalue weighted by molar-refractivity contribution is -0.727. The number of rotatable bonds is 30. The lowest BCUT2D eigenvalue weighted by Crippen LogP contribution is -2.41. The number of hydrogen-bond donors (Lipinski definition) is 1. The molecule has 0 saturated heterocycles. The first-order valence-electron chi connectivity index (χ1n) is 18.3. The van der Waals surface area contributed by atoms with E-state index in [1.165, 1.54) is 186 Å². The summed E-state index contributed by atoms with van der Waals surface area (Å²) in [5.74, 6) is 2.24. The van der Waals surface area contributed by atoms with E-state index in [0.717, 1.165) is 0 Å². The first-order valence-corrected chi connectivity index (χ1v) is 18.3. The van der Waals surface area contributed by atoms with Crippen LogP contribution in [0.3, 0.4) is 0 Å². The molecule has 0 fully saturated rings. The second kappa shape index (κ2) is 27.4. The minimum Gasteiger partial charge on any atom is -0.247 e. The number of imidazole rings is 1. The molecular formula is C37H73N2+. The molecule has 2 atom stereocenters. The molecule has 230 valence electrons. The predicted octanol–water partition coefficient (Wildman–Crippen LogP) is 12.9. The van der Waals surface area contributed by atoms with Gasteiger partial charge in [0.2, 0.25) is 0 Å². The van der Waals surface area contributed by atoms with Crippen molar-refractivity contribution in [3.63, 3.8) is 0 Å². The summed E-state index contributed by atoms with van der Waals surface area (Å²) in [5, 5.41) is 0. The Kier molecular flexibility index (Phi) is 25.4. The molecule has 0 aliphatic rings. The molecule has 0 aliphatic heterocycles. The molecule has 2 heteroatoms. The maximum absolute atomic E-state index is 3.72. The van der Waals surface area contributed by atoms with Gasteiger partial charge in [-0.3, -0.25) is 0 Å². The zero-order chi connectivity index (χ0) is 28.2. The van der Waals surface area contributed by atoms with Gasteiger partial charge in [0.15, 0.2) is 0 Å². The number of H-pyrrole nitrogens is 1. The molecule has 1 aromatic rings. The number of aromatic nitrogens is 2. The Bertz CT molecular complexity index is 606. The Morgan fingerprint density at radius 1 is 0.487 bits per heavy atom. The molecule has 0 aliphatic carbocycles. The van der Waals surface area contributed by atoms with Crippen LogP contribution >= 0.6 is 0 Å². The third-order valence-electron chi connectivity index (χ3n) is 9.14. The maximum atomic E-state index is 3.72. The number of aromatic amines is 1. The summed E-state index contributed by atoms with van der Waals surface area (Å²) in [4.78, 5) is 3.72. The highest BCUT2D eigenvalue weighted by molar-refractivity contribution is 4.90. The van der Waals surface area contributed by atoms with Crippen LogP contribution in [0.1, 0.15) is 225 Å². The highest BCUT2D eigenvalue weighted by atomic mass is 15.1. The van der Waals surface area contributed by atoms with Gasteiger partial charge in [0.05, 0.1) is 12.0 Å². The van der Waals surface area contributed by atoms with Crippen molar-refractivity contribution in [3.8, 4) is 0 Å². The third-order valence-corrected chi connectivity index (χ3v) is 9.14. The smallest absolute Gasteiger partial charge is 0.247 e. The molecule has 1 N–H and O–H groups in total. The number of nitrogens with one attached hydrogen (secondary N) is 1. The van der Waals surface area contributed by atoms with Crippen LogP contribution in [-0.2, 0) is 0 Å². The fourth-order valence-corrected chi connectivity index (χ4v) is 6.43. The monoisotopic (exact) mass is 546 g/mol. The second-order valence-electron chi connectivity index (χ2n) is 12.9. The van der Waals surface area contributed by atoms with Gasteiger partial charge >= 0.3 is 0 Å². The van der Waals surface area contributed by atoms with E-state index in [1.54, 1.807) is 0 Å². The van der Waals surface area contributed by atoms with E-state index in [0.29, 0.717) is 12.0 Å². The van der Waals surface area contributed by atoms with Gasteiger partial charge in [0.25, 0.3) is 5.82 Å². The van der Waals surface area contributed by atoms with Crippen LogP contribution in [-0.4, -0.2) is 4.98 Å². The largest absolute Gasteiger partial charge is 0.257 e. The Morgan fingerprint density at radius 3 is 1.23 bits per heavy atom. The average Bonchev–Trinajstić information content (AvgIpc) is 3.44. The average molecular weight is 546 g/mol. The van der Waals surface area contributed by atoms with E-state index >= 15 is 0 Å². The summed E-state index contributed by atoms with van der Waals surface area (Å²) in [6.07, 6.45) is 44.2. The van der Waals surface area contributed by atoms with Crippen LogP contribution in [0.4, 0.5) is 0 Å². The van der Waals surface area contributed by atoms with Crippen LogP contribution in [0.5, 0.6) is 0 Å². The zero-order valence-electron chi connectivity index (χ0n) is 27.6. The number of nitrogens with zero attached hydrogens (tertiary/aromatic N) is 1. The quantitative estimate of drug-likeness (QED) is 0.0732. The van der Waals surface area contributed by atoms with Crippen molar-refractivity contribution in [2.24, 2.45) is 0 Å². The van der Waals surface area contributed by atoms with Crippen molar-refractivity contribution in [2.45, 2.75) is 219 Å². The molecule has 0 radical (unpaired) electrons. The summed E-state index contributed by atoms with van der Waals surface area (Å²) in [6, 6.07) is 0.621. The molecule has 2 nitrogen and oxygen atoms in total. The Balaban J connectivity index is 2.35. The molecule has 1 rings (SSSR count). The van der Waals surface area contributed by atoms with Crippen LogP contribution in [0.15, 0.2) is 12.4 Å². The SMILES string of the molecule is CCCCCCCCCCCCCC(C)[n+]1cc[nH]c1C(CCCCCC)CCCCCCCCCCCC. The summed E-state index contributed by atoms with van der Waals surface area (Å²) >= 11 is 0. The fraction of sp³-hybridized carbons (Fsp3) is 0.919.